The number of nitrogens with two attached hydrogens (primary N) is 1. The van der Waals surface area contributed by atoms with E-state index in [9.17, 15) is 9.18 Å². The summed E-state index contributed by atoms with van der Waals surface area (Å²) < 4.78 is 24.3. The van der Waals surface area contributed by atoms with E-state index in [0.29, 0.717) is 25.4 Å². The van der Waals surface area contributed by atoms with Gasteiger partial charge in [0.1, 0.15) is 0 Å². The van der Waals surface area contributed by atoms with E-state index in [2.05, 4.69) is 0 Å². The van der Waals surface area contributed by atoms with Gasteiger partial charge in [0, 0.05) is 18.4 Å². The van der Waals surface area contributed by atoms with Crippen molar-refractivity contribution in [1.82, 2.24) is 0 Å². The van der Waals surface area contributed by atoms with Gasteiger partial charge in [0.2, 0.25) is 0 Å². The molecule has 1 aliphatic heterocycles. The van der Waals surface area contributed by atoms with E-state index in [4.69, 9.17) is 15.2 Å². The monoisotopic (exact) mass is 239 g/mol. The summed E-state index contributed by atoms with van der Waals surface area (Å²) in [5.41, 5.74) is 5.57. The summed E-state index contributed by atoms with van der Waals surface area (Å²) in [6, 6.07) is 2.69. The van der Waals surface area contributed by atoms with E-state index < -0.39 is 5.82 Å². The van der Waals surface area contributed by atoms with Crippen LogP contribution < -0.4 is 15.2 Å². The number of ketones is 1. The van der Waals surface area contributed by atoms with Crippen molar-refractivity contribution in [3.05, 3.63) is 23.5 Å². The summed E-state index contributed by atoms with van der Waals surface area (Å²) in [7, 11) is 0. The first kappa shape index (κ1) is 11.9. The minimum atomic E-state index is -0.565. The van der Waals surface area contributed by atoms with Gasteiger partial charge in [0.25, 0.3) is 0 Å². The fraction of sp³-hybridized carbons (Fsp3) is 0.417. The lowest BCUT2D eigenvalue weighted by atomic mass is 10.1. The maximum atomic E-state index is 13.7. The summed E-state index contributed by atoms with van der Waals surface area (Å²) in [6.45, 7) is 1.12. The molecular weight excluding hydrogens is 225 g/mol. The molecule has 2 rings (SSSR count). The van der Waals surface area contributed by atoms with Gasteiger partial charge in [-0.05, 0) is 18.7 Å². The number of hydrogen-bond donors (Lipinski definition) is 1. The van der Waals surface area contributed by atoms with Crippen LogP contribution in [0.2, 0.25) is 0 Å². The number of halogens is 1. The molecule has 0 aromatic heterocycles. The van der Waals surface area contributed by atoms with E-state index in [1.54, 1.807) is 0 Å². The van der Waals surface area contributed by atoms with Crippen molar-refractivity contribution in [2.45, 2.75) is 12.8 Å². The predicted molar refractivity (Wildman–Crippen MR) is 60.0 cm³/mol. The van der Waals surface area contributed by atoms with Crippen LogP contribution in [0.4, 0.5) is 4.39 Å². The van der Waals surface area contributed by atoms with Crippen molar-refractivity contribution < 1.29 is 18.7 Å². The first-order chi connectivity index (χ1) is 8.22. The topological polar surface area (TPSA) is 61.6 Å². The third kappa shape index (κ3) is 2.55. The normalized spacial score (nSPS) is 14.2. The Balaban J connectivity index is 2.35. The van der Waals surface area contributed by atoms with Crippen molar-refractivity contribution in [2.75, 3.05) is 19.8 Å². The lowest BCUT2D eigenvalue weighted by Crippen LogP contribution is -2.09. The van der Waals surface area contributed by atoms with Crippen LogP contribution in [0.5, 0.6) is 11.5 Å². The average molecular weight is 239 g/mol. The maximum absolute atomic E-state index is 13.7. The van der Waals surface area contributed by atoms with Crippen LogP contribution in [0.15, 0.2) is 12.1 Å². The average Bonchev–Trinajstić information content (AvgIpc) is 2.54. The molecule has 0 spiro atoms. The fourth-order valence-electron chi connectivity index (χ4n) is 1.67. The Morgan fingerprint density at radius 2 is 2.12 bits per heavy atom. The predicted octanol–water partition coefficient (Wildman–Crippen LogP) is 1.52. The summed E-state index contributed by atoms with van der Waals surface area (Å²) in [4.78, 5) is 11.6. The zero-order chi connectivity index (χ0) is 12.3. The van der Waals surface area contributed by atoms with Crippen LogP contribution in [0.1, 0.15) is 23.2 Å². The van der Waals surface area contributed by atoms with Gasteiger partial charge in [-0.3, -0.25) is 4.79 Å². The van der Waals surface area contributed by atoms with Crippen LogP contribution >= 0.6 is 0 Å². The number of ether oxygens (including phenoxy) is 2. The van der Waals surface area contributed by atoms with Gasteiger partial charge < -0.3 is 15.2 Å². The Labute approximate surface area is 98.5 Å². The van der Waals surface area contributed by atoms with Gasteiger partial charge in [-0.15, -0.1) is 0 Å². The van der Waals surface area contributed by atoms with Gasteiger partial charge >= 0.3 is 0 Å². The molecule has 0 atom stereocenters. The van der Waals surface area contributed by atoms with Crippen LogP contribution in [0.25, 0.3) is 0 Å². The molecule has 0 saturated carbocycles. The molecule has 0 fully saturated rings. The molecule has 92 valence electrons. The van der Waals surface area contributed by atoms with Crippen molar-refractivity contribution in [3.63, 3.8) is 0 Å². The highest BCUT2D eigenvalue weighted by Gasteiger charge is 2.18. The number of rotatable bonds is 3. The molecule has 1 aliphatic rings. The molecule has 1 aromatic rings. The van der Waals surface area contributed by atoms with Crippen LogP contribution in [-0.2, 0) is 0 Å². The number of hydrogen-bond acceptors (Lipinski definition) is 4. The molecule has 0 aliphatic carbocycles. The number of carbonyl (C=O) groups is 1. The molecule has 1 heterocycles. The Bertz CT molecular complexity index is 434. The molecule has 0 saturated heterocycles. The SMILES string of the molecule is NCCC(=O)c1cc(F)c2c(c1)OCCCO2. The summed E-state index contributed by atoms with van der Waals surface area (Å²) in [6.07, 6.45) is 0.888. The summed E-state index contributed by atoms with van der Waals surface area (Å²) >= 11 is 0. The van der Waals surface area contributed by atoms with Crippen molar-refractivity contribution in [1.29, 1.82) is 0 Å². The van der Waals surface area contributed by atoms with E-state index in [1.165, 1.54) is 12.1 Å². The zero-order valence-electron chi connectivity index (χ0n) is 9.37. The third-order valence-electron chi connectivity index (χ3n) is 2.50. The number of benzene rings is 1. The maximum Gasteiger partial charge on any atom is 0.197 e. The molecule has 5 heteroatoms. The summed E-state index contributed by atoms with van der Waals surface area (Å²) in [5.74, 6) is -0.374. The number of Topliss-reactive ketones (excluding diaryl/α,β-unsaturated/α-hetero) is 1. The van der Waals surface area contributed by atoms with Crippen LogP contribution in [0, 0.1) is 5.82 Å². The Hall–Kier alpha value is -1.62. The van der Waals surface area contributed by atoms with Crippen molar-refractivity contribution >= 4 is 5.78 Å². The lowest BCUT2D eigenvalue weighted by molar-refractivity contribution is 0.0984. The van der Waals surface area contributed by atoms with Crippen molar-refractivity contribution in [2.24, 2.45) is 5.73 Å². The standard InChI is InChI=1S/C12H14FNO3/c13-9-6-8(10(15)2-3-14)7-11-12(9)17-5-1-4-16-11/h6-7H,1-5,14H2. The zero-order valence-corrected chi connectivity index (χ0v) is 9.37. The van der Waals surface area contributed by atoms with Gasteiger partial charge in [-0.25, -0.2) is 4.39 Å². The molecule has 17 heavy (non-hydrogen) atoms. The van der Waals surface area contributed by atoms with Gasteiger partial charge in [0.05, 0.1) is 13.2 Å². The van der Waals surface area contributed by atoms with Gasteiger partial charge in [-0.1, -0.05) is 0 Å². The van der Waals surface area contributed by atoms with E-state index in [0.717, 1.165) is 0 Å². The van der Waals surface area contributed by atoms with E-state index >= 15 is 0 Å². The highest BCUT2D eigenvalue weighted by Crippen LogP contribution is 2.33. The molecule has 0 radical (unpaired) electrons. The van der Waals surface area contributed by atoms with Gasteiger partial charge in [0.15, 0.2) is 23.1 Å². The Morgan fingerprint density at radius 3 is 2.88 bits per heavy atom. The molecule has 0 amide bonds. The highest BCUT2D eigenvalue weighted by molar-refractivity contribution is 5.96. The second kappa shape index (κ2) is 5.14. The molecular formula is C12H14FNO3. The van der Waals surface area contributed by atoms with E-state index in [-0.39, 0.29) is 30.1 Å². The van der Waals surface area contributed by atoms with Crippen LogP contribution in [-0.4, -0.2) is 25.5 Å². The minimum Gasteiger partial charge on any atom is -0.489 e. The summed E-state index contributed by atoms with van der Waals surface area (Å²) in [5, 5.41) is 0. The molecule has 1 aromatic carbocycles. The minimum absolute atomic E-state index is 0.0896. The number of carbonyl (C=O) groups excluding carboxylic acids is 1. The second-order valence-electron chi connectivity index (χ2n) is 3.80. The van der Waals surface area contributed by atoms with Gasteiger partial charge in [-0.2, -0.15) is 0 Å². The Kier molecular flexibility index (Phi) is 3.58. The quantitative estimate of drug-likeness (QED) is 0.812. The van der Waals surface area contributed by atoms with Crippen LogP contribution in [0.3, 0.4) is 0 Å². The largest absolute Gasteiger partial charge is 0.489 e. The first-order valence-corrected chi connectivity index (χ1v) is 5.55. The lowest BCUT2D eigenvalue weighted by Gasteiger charge is -2.10. The van der Waals surface area contributed by atoms with Crippen molar-refractivity contribution in [3.8, 4) is 11.5 Å². The fourth-order valence-corrected chi connectivity index (χ4v) is 1.67. The number of fused-ring (bicyclic) bond motifs is 1. The third-order valence-corrected chi connectivity index (χ3v) is 2.50. The molecule has 0 bridgehead atoms. The Morgan fingerprint density at radius 1 is 1.35 bits per heavy atom. The molecule has 0 unspecified atom stereocenters. The van der Waals surface area contributed by atoms with E-state index in [1.807, 2.05) is 0 Å². The highest BCUT2D eigenvalue weighted by atomic mass is 19.1. The molecule has 4 nitrogen and oxygen atoms in total. The smallest absolute Gasteiger partial charge is 0.197 e. The second-order valence-corrected chi connectivity index (χ2v) is 3.80. The molecule has 2 N–H and O–H groups in total. The first-order valence-electron chi connectivity index (χ1n) is 5.55.